The summed E-state index contributed by atoms with van der Waals surface area (Å²) in [5.41, 5.74) is 4.67. The van der Waals surface area contributed by atoms with Crippen LogP contribution in [0.25, 0.3) is 27.9 Å². The Morgan fingerprint density at radius 1 is 1.21 bits per heavy atom. The maximum absolute atomic E-state index is 5.33. The lowest BCUT2D eigenvalue weighted by Gasteiger charge is -2.34. The predicted molar refractivity (Wildman–Crippen MR) is 107 cm³/mol. The summed E-state index contributed by atoms with van der Waals surface area (Å²) in [7, 11) is 1.75. The van der Waals surface area contributed by atoms with Gasteiger partial charge in [0.15, 0.2) is 5.65 Å². The van der Waals surface area contributed by atoms with Crippen molar-refractivity contribution in [3.63, 3.8) is 0 Å². The average molecular weight is 377 g/mol. The molecule has 0 aromatic carbocycles. The van der Waals surface area contributed by atoms with E-state index in [0.717, 1.165) is 53.1 Å². The first-order valence-electron chi connectivity index (χ1n) is 9.64. The summed E-state index contributed by atoms with van der Waals surface area (Å²) in [6.07, 6.45) is 6.13. The van der Waals surface area contributed by atoms with Gasteiger partial charge in [-0.1, -0.05) is 0 Å². The van der Waals surface area contributed by atoms with Gasteiger partial charge < -0.3 is 14.6 Å². The molecule has 1 N–H and O–H groups in total. The van der Waals surface area contributed by atoms with E-state index in [4.69, 9.17) is 9.72 Å². The highest BCUT2D eigenvalue weighted by molar-refractivity contribution is 5.82. The van der Waals surface area contributed by atoms with Crippen LogP contribution in [-0.4, -0.2) is 48.4 Å². The summed E-state index contributed by atoms with van der Waals surface area (Å²) in [5.74, 6) is 1.62. The monoisotopic (exact) mass is 377 g/mol. The van der Waals surface area contributed by atoms with Gasteiger partial charge in [-0.3, -0.25) is 0 Å². The molecule has 0 atom stereocenters. The van der Waals surface area contributed by atoms with Crippen LogP contribution in [0.2, 0.25) is 0 Å². The summed E-state index contributed by atoms with van der Waals surface area (Å²) >= 11 is 0. The lowest BCUT2D eigenvalue weighted by Crippen LogP contribution is -2.40. The van der Waals surface area contributed by atoms with Crippen LogP contribution < -0.4 is 5.32 Å². The van der Waals surface area contributed by atoms with E-state index in [1.165, 1.54) is 0 Å². The van der Waals surface area contributed by atoms with Gasteiger partial charge in [-0.2, -0.15) is 0 Å². The summed E-state index contributed by atoms with van der Waals surface area (Å²) in [4.78, 5) is 14.0. The predicted octanol–water partition coefficient (Wildman–Crippen LogP) is 3.06. The normalized spacial score (nSPS) is 19.2. The highest BCUT2D eigenvalue weighted by Crippen LogP contribution is 2.28. The van der Waals surface area contributed by atoms with Crippen molar-refractivity contribution >= 4 is 22.6 Å². The van der Waals surface area contributed by atoms with Crippen molar-refractivity contribution in [2.75, 3.05) is 12.4 Å². The molecule has 1 fully saturated rings. The van der Waals surface area contributed by atoms with E-state index >= 15 is 0 Å². The number of hydrogen-bond donors (Lipinski definition) is 1. The minimum atomic E-state index is 0.348. The third-order valence-corrected chi connectivity index (χ3v) is 5.55. The van der Waals surface area contributed by atoms with E-state index in [0.29, 0.717) is 18.1 Å². The molecule has 0 radical (unpaired) electrons. The fourth-order valence-electron chi connectivity index (χ4n) is 3.88. The summed E-state index contributed by atoms with van der Waals surface area (Å²) in [5, 5.41) is 7.98. The second kappa shape index (κ2) is 6.56. The number of methoxy groups -OCH3 is 1. The topological polar surface area (TPSA) is 82.2 Å². The van der Waals surface area contributed by atoms with Crippen molar-refractivity contribution in [2.45, 2.75) is 45.4 Å². The minimum Gasteiger partial charge on any atom is -0.381 e. The maximum Gasteiger partial charge on any atom is 0.241 e. The molecular formula is C20H23N7O. The number of pyridine rings is 1. The second-order valence-corrected chi connectivity index (χ2v) is 7.25. The number of fused-ring (bicyclic) bond motifs is 2. The molecule has 28 heavy (non-hydrogen) atoms. The molecule has 4 heterocycles. The number of nitrogens with zero attached hydrogens (tertiary/aromatic N) is 6. The Balaban J connectivity index is 1.47. The van der Waals surface area contributed by atoms with Crippen molar-refractivity contribution in [2.24, 2.45) is 0 Å². The Bertz CT molecular complexity index is 1160. The molecule has 0 amide bonds. The molecule has 0 saturated heterocycles. The molecule has 8 nitrogen and oxygen atoms in total. The highest BCUT2D eigenvalue weighted by Gasteiger charge is 2.29. The number of anilines is 1. The maximum atomic E-state index is 5.33. The zero-order valence-electron chi connectivity index (χ0n) is 16.3. The van der Waals surface area contributed by atoms with Crippen molar-refractivity contribution < 1.29 is 4.74 Å². The Hall–Kier alpha value is -3.00. The van der Waals surface area contributed by atoms with E-state index in [-0.39, 0.29) is 0 Å². The lowest BCUT2D eigenvalue weighted by atomic mass is 9.89. The Morgan fingerprint density at radius 3 is 2.86 bits per heavy atom. The molecule has 1 aliphatic rings. The molecule has 1 saturated carbocycles. The van der Waals surface area contributed by atoms with E-state index in [1.807, 2.05) is 42.0 Å². The summed E-state index contributed by atoms with van der Waals surface area (Å²) in [6, 6.07) is 6.44. The van der Waals surface area contributed by atoms with Crippen molar-refractivity contribution in [1.29, 1.82) is 0 Å². The van der Waals surface area contributed by atoms with Crippen molar-refractivity contribution in [3.05, 3.63) is 36.4 Å². The van der Waals surface area contributed by atoms with E-state index < -0.39 is 0 Å². The molecule has 8 heteroatoms. The quantitative estimate of drug-likeness (QED) is 0.576. The first kappa shape index (κ1) is 17.1. The van der Waals surface area contributed by atoms with Gasteiger partial charge in [-0.15, -0.1) is 5.10 Å². The van der Waals surface area contributed by atoms with E-state index in [1.54, 1.807) is 7.11 Å². The standard InChI is InChI=1S/C20H23N7O/c1-4-26-12(2)22-17-6-5-16(24-19(17)26)15-7-8-27-18(15)11-21-20(25-27)23-13-9-14(10-13)28-3/h5-8,11,13-14H,4,9-10H2,1-3H3,(H,23,25). The number of hydrogen-bond acceptors (Lipinski definition) is 6. The molecule has 0 spiro atoms. The fraction of sp³-hybridized carbons (Fsp3) is 0.400. The number of aryl methyl sites for hydroxylation is 2. The van der Waals surface area contributed by atoms with Gasteiger partial charge in [0.2, 0.25) is 5.95 Å². The van der Waals surface area contributed by atoms with Crippen LogP contribution >= 0.6 is 0 Å². The molecular weight excluding hydrogens is 354 g/mol. The Labute approximate surface area is 162 Å². The zero-order valence-corrected chi connectivity index (χ0v) is 16.3. The molecule has 4 aromatic rings. The van der Waals surface area contributed by atoms with Crippen LogP contribution in [0, 0.1) is 6.92 Å². The van der Waals surface area contributed by atoms with Gasteiger partial charge in [0.05, 0.1) is 23.5 Å². The summed E-state index contributed by atoms with van der Waals surface area (Å²) in [6.45, 7) is 4.96. The molecule has 0 bridgehead atoms. The van der Waals surface area contributed by atoms with Crippen LogP contribution in [-0.2, 0) is 11.3 Å². The fourth-order valence-corrected chi connectivity index (χ4v) is 3.88. The molecule has 0 unspecified atom stereocenters. The van der Waals surface area contributed by atoms with Crippen LogP contribution in [0.4, 0.5) is 5.95 Å². The first-order valence-corrected chi connectivity index (χ1v) is 9.64. The Morgan fingerprint density at radius 2 is 2.07 bits per heavy atom. The van der Waals surface area contributed by atoms with Crippen molar-refractivity contribution in [3.8, 4) is 11.3 Å². The van der Waals surface area contributed by atoms with Crippen LogP contribution in [0.5, 0.6) is 0 Å². The zero-order chi connectivity index (χ0) is 19.3. The number of ether oxygens (including phenoxy) is 1. The molecule has 144 valence electrons. The number of imidazole rings is 1. The van der Waals surface area contributed by atoms with E-state index in [9.17, 15) is 0 Å². The van der Waals surface area contributed by atoms with Crippen LogP contribution in [0.1, 0.15) is 25.6 Å². The lowest BCUT2D eigenvalue weighted by molar-refractivity contribution is 0.0326. The van der Waals surface area contributed by atoms with Gasteiger partial charge in [0, 0.05) is 31.5 Å². The first-order chi connectivity index (χ1) is 13.7. The van der Waals surface area contributed by atoms with Gasteiger partial charge in [-0.25, -0.2) is 19.5 Å². The number of aromatic nitrogens is 6. The third-order valence-electron chi connectivity index (χ3n) is 5.55. The van der Waals surface area contributed by atoms with Gasteiger partial charge in [-0.05, 0) is 44.9 Å². The highest BCUT2D eigenvalue weighted by atomic mass is 16.5. The number of rotatable bonds is 5. The van der Waals surface area contributed by atoms with Gasteiger partial charge in [0.25, 0.3) is 0 Å². The SMILES string of the molecule is CCn1c(C)nc2ccc(-c3ccn4nc(NC5CC(OC)C5)ncc34)nc21. The average Bonchev–Trinajstić information content (AvgIpc) is 3.23. The van der Waals surface area contributed by atoms with Crippen LogP contribution in [0.3, 0.4) is 0 Å². The van der Waals surface area contributed by atoms with Gasteiger partial charge in [0.1, 0.15) is 11.3 Å². The molecule has 1 aliphatic carbocycles. The number of nitrogens with one attached hydrogen (secondary N) is 1. The third kappa shape index (κ3) is 2.72. The molecule has 4 aromatic heterocycles. The summed E-state index contributed by atoms with van der Waals surface area (Å²) < 4.78 is 9.31. The Kier molecular flexibility index (Phi) is 4.01. The van der Waals surface area contributed by atoms with Gasteiger partial charge >= 0.3 is 0 Å². The minimum absolute atomic E-state index is 0.348. The van der Waals surface area contributed by atoms with Crippen LogP contribution in [0.15, 0.2) is 30.6 Å². The smallest absolute Gasteiger partial charge is 0.241 e. The largest absolute Gasteiger partial charge is 0.381 e. The van der Waals surface area contributed by atoms with Crippen molar-refractivity contribution in [1.82, 2.24) is 29.1 Å². The molecule has 0 aliphatic heterocycles. The molecule has 5 rings (SSSR count). The van der Waals surface area contributed by atoms with E-state index in [2.05, 4.69) is 31.9 Å². The second-order valence-electron chi connectivity index (χ2n) is 7.25.